The number of nitrogens with one attached hydrogen (secondary N) is 2. The summed E-state index contributed by atoms with van der Waals surface area (Å²) >= 11 is 0. The van der Waals surface area contributed by atoms with Crippen LogP contribution in [0.3, 0.4) is 0 Å². The molecule has 1 atom stereocenters. The molecular weight excluding hydrogens is 348 g/mol. The monoisotopic (exact) mass is 372 g/mol. The van der Waals surface area contributed by atoms with Gasteiger partial charge in [0.15, 0.2) is 5.82 Å². The van der Waals surface area contributed by atoms with Gasteiger partial charge in [0, 0.05) is 24.9 Å². The molecule has 1 fully saturated rings. The molecule has 144 valence electrons. The van der Waals surface area contributed by atoms with Crippen LogP contribution in [0.25, 0.3) is 0 Å². The highest BCUT2D eigenvalue weighted by Crippen LogP contribution is 2.18. The molecule has 2 aromatic rings. The lowest BCUT2D eigenvalue weighted by Crippen LogP contribution is -2.44. The Balaban J connectivity index is 1.67. The molecule has 8 heteroatoms. The summed E-state index contributed by atoms with van der Waals surface area (Å²) in [7, 11) is 0. The van der Waals surface area contributed by atoms with E-state index < -0.39 is 0 Å². The van der Waals surface area contributed by atoms with E-state index in [-0.39, 0.29) is 24.6 Å². The highest BCUT2D eigenvalue weighted by atomic mass is 16.5. The van der Waals surface area contributed by atoms with Gasteiger partial charge in [0.05, 0.1) is 6.10 Å². The molecule has 8 nitrogen and oxygen atoms in total. The number of ether oxygens (including phenoxy) is 1. The molecule has 1 saturated heterocycles. The van der Waals surface area contributed by atoms with Crippen molar-refractivity contribution in [1.29, 1.82) is 0 Å². The molecular formula is C19H24N4O4. The number of hydrogen-bond donors (Lipinski definition) is 2. The third-order valence-electron chi connectivity index (χ3n) is 4.40. The second-order valence-electron chi connectivity index (χ2n) is 6.70. The van der Waals surface area contributed by atoms with Crippen LogP contribution in [0, 0.1) is 13.8 Å². The van der Waals surface area contributed by atoms with Gasteiger partial charge in [0.25, 0.3) is 0 Å². The maximum atomic E-state index is 12.8. The summed E-state index contributed by atoms with van der Waals surface area (Å²) in [5, 5.41) is 9.15. The van der Waals surface area contributed by atoms with Gasteiger partial charge < -0.3 is 24.8 Å². The zero-order valence-electron chi connectivity index (χ0n) is 15.5. The fraction of sp³-hybridized carbons (Fsp3) is 0.421. The standard InChI is InChI=1S/C19H24N4O4/c1-13-5-6-16(14(2)10-13)20-19(25)23(11-15-4-3-8-26-15)12-18(24)21-17-7-9-27-22-17/h5-7,9-10,15H,3-4,8,11-12H2,1-2H3,(H,20,25)(H,21,22,24). The Bertz CT molecular complexity index is 785. The largest absolute Gasteiger partial charge is 0.376 e. The molecule has 0 radical (unpaired) electrons. The minimum Gasteiger partial charge on any atom is -0.376 e. The number of nitrogens with zero attached hydrogens (tertiary/aromatic N) is 2. The number of rotatable bonds is 6. The maximum Gasteiger partial charge on any atom is 0.322 e. The number of aromatic nitrogens is 1. The first-order chi connectivity index (χ1) is 13.0. The summed E-state index contributed by atoms with van der Waals surface area (Å²) < 4.78 is 10.3. The van der Waals surface area contributed by atoms with Crippen LogP contribution in [0.1, 0.15) is 24.0 Å². The number of carbonyl (C=O) groups excluding carboxylic acids is 2. The van der Waals surface area contributed by atoms with Crippen LogP contribution in [-0.4, -0.2) is 47.8 Å². The van der Waals surface area contributed by atoms with Gasteiger partial charge in [-0.05, 0) is 38.3 Å². The van der Waals surface area contributed by atoms with Gasteiger partial charge >= 0.3 is 6.03 Å². The maximum absolute atomic E-state index is 12.8. The molecule has 1 aromatic heterocycles. The molecule has 27 heavy (non-hydrogen) atoms. The van der Waals surface area contributed by atoms with Crippen molar-refractivity contribution in [2.75, 3.05) is 30.3 Å². The lowest BCUT2D eigenvalue weighted by Gasteiger charge is -2.25. The first-order valence-corrected chi connectivity index (χ1v) is 8.96. The van der Waals surface area contributed by atoms with E-state index in [2.05, 4.69) is 15.8 Å². The summed E-state index contributed by atoms with van der Waals surface area (Å²) in [5.41, 5.74) is 2.81. The van der Waals surface area contributed by atoms with E-state index in [1.807, 2.05) is 32.0 Å². The summed E-state index contributed by atoms with van der Waals surface area (Å²) in [5.74, 6) is -0.0375. The predicted octanol–water partition coefficient (Wildman–Crippen LogP) is 2.94. The van der Waals surface area contributed by atoms with Gasteiger partial charge in [0.2, 0.25) is 5.91 Å². The number of anilines is 2. The van der Waals surface area contributed by atoms with Crippen molar-refractivity contribution < 1.29 is 18.8 Å². The van der Waals surface area contributed by atoms with E-state index >= 15 is 0 Å². The highest BCUT2D eigenvalue weighted by Gasteiger charge is 2.25. The quantitative estimate of drug-likeness (QED) is 0.813. The number of hydrogen-bond acceptors (Lipinski definition) is 5. The van der Waals surface area contributed by atoms with Crippen molar-refractivity contribution in [2.24, 2.45) is 0 Å². The summed E-state index contributed by atoms with van der Waals surface area (Å²) in [6.45, 7) is 4.86. The van der Waals surface area contributed by atoms with Gasteiger partial charge in [-0.1, -0.05) is 22.9 Å². The third kappa shape index (κ3) is 5.30. The Kier molecular flexibility index (Phi) is 6.08. The topological polar surface area (TPSA) is 96.7 Å². The average molecular weight is 372 g/mol. The van der Waals surface area contributed by atoms with E-state index in [0.29, 0.717) is 19.0 Å². The summed E-state index contributed by atoms with van der Waals surface area (Å²) in [6.07, 6.45) is 3.14. The molecule has 1 aliphatic rings. The van der Waals surface area contributed by atoms with Crippen LogP contribution < -0.4 is 10.6 Å². The number of benzene rings is 1. The minimum atomic E-state index is -0.349. The molecule has 0 bridgehead atoms. The number of amides is 3. The second kappa shape index (κ2) is 8.68. The fourth-order valence-corrected chi connectivity index (χ4v) is 3.03. The zero-order chi connectivity index (χ0) is 19.2. The van der Waals surface area contributed by atoms with Crippen LogP contribution in [0.2, 0.25) is 0 Å². The fourth-order valence-electron chi connectivity index (χ4n) is 3.03. The Morgan fingerprint density at radius 3 is 2.78 bits per heavy atom. The van der Waals surface area contributed by atoms with Crippen LogP contribution >= 0.6 is 0 Å². The molecule has 0 spiro atoms. The average Bonchev–Trinajstić information content (AvgIpc) is 3.30. The number of carbonyl (C=O) groups is 2. The molecule has 1 unspecified atom stereocenters. The van der Waals surface area contributed by atoms with Crippen molar-refractivity contribution in [3.63, 3.8) is 0 Å². The van der Waals surface area contributed by atoms with Gasteiger partial charge in [0.1, 0.15) is 12.8 Å². The smallest absolute Gasteiger partial charge is 0.322 e. The Morgan fingerprint density at radius 2 is 2.11 bits per heavy atom. The van der Waals surface area contributed by atoms with E-state index in [0.717, 1.165) is 29.7 Å². The first kappa shape index (κ1) is 18.9. The van der Waals surface area contributed by atoms with Gasteiger partial charge in [-0.3, -0.25) is 4.79 Å². The Morgan fingerprint density at radius 1 is 1.26 bits per heavy atom. The molecule has 0 aliphatic carbocycles. The van der Waals surface area contributed by atoms with Gasteiger partial charge in [-0.15, -0.1) is 0 Å². The molecule has 2 N–H and O–H groups in total. The van der Waals surface area contributed by atoms with Crippen LogP contribution in [-0.2, 0) is 9.53 Å². The summed E-state index contributed by atoms with van der Waals surface area (Å²) in [4.78, 5) is 26.6. The third-order valence-corrected chi connectivity index (χ3v) is 4.40. The number of aryl methyl sites for hydroxylation is 2. The lowest BCUT2D eigenvalue weighted by molar-refractivity contribution is -0.117. The van der Waals surface area contributed by atoms with Crippen LogP contribution in [0.15, 0.2) is 35.1 Å². The van der Waals surface area contributed by atoms with E-state index in [1.54, 1.807) is 0 Å². The SMILES string of the molecule is Cc1ccc(NC(=O)N(CC(=O)Nc2ccon2)CC2CCCO2)c(C)c1. The van der Waals surface area contributed by atoms with Crippen LogP contribution in [0.5, 0.6) is 0 Å². The van der Waals surface area contributed by atoms with Crippen LogP contribution in [0.4, 0.5) is 16.3 Å². The molecule has 0 saturated carbocycles. The lowest BCUT2D eigenvalue weighted by atomic mass is 10.1. The molecule has 1 aliphatic heterocycles. The van der Waals surface area contributed by atoms with Crippen molar-refractivity contribution in [1.82, 2.24) is 10.1 Å². The van der Waals surface area contributed by atoms with E-state index in [9.17, 15) is 9.59 Å². The van der Waals surface area contributed by atoms with Crippen molar-refractivity contribution in [3.8, 4) is 0 Å². The number of urea groups is 1. The Labute approximate surface area is 157 Å². The van der Waals surface area contributed by atoms with Gasteiger partial charge in [-0.2, -0.15) is 0 Å². The normalized spacial score (nSPS) is 16.1. The van der Waals surface area contributed by atoms with Crippen molar-refractivity contribution in [2.45, 2.75) is 32.8 Å². The molecule has 2 heterocycles. The van der Waals surface area contributed by atoms with E-state index in [4.69, 9.17) is 9.26 Å². The van der Waals surface area contributed by atoms with Gasteiger partial charge in [-0.25, -0.2) is 4.79 Å². The zero-order valence-corrected chi connectivity index (χ0v) is 15.5. The highest BCUT2D eigenvalue weighted by molar-refractivity contribution is 5.96. The second-order valence-corrected chi connectivity index (χ2v) is 6.70. The minimum absolute atomic E-state index is 0.0604. The molecule has 3 amide bonds. The predicted molar refractivity (Wildman–Crippen MR) is 101 cm³/mol. The van der Waals surface area contributed by atoms with E-state index in [1.165, 1.54) is 17.2 Å². The molecule has 3 rings (SSSR count). The summed E-state index contributed by atoms with van der Waals surface area (Å²) in [6, 6.07) is 7.00. The molecule has 1 aromatic carbocycles. The first-order valence-electron chi connectivity index (χ1n) is 8.96. The Hall–Kier alpha value is -2.87. The van der Waals surface area contributed by atoms with Crippen molar-refractivity contribution >= 4 is 23.4 Å². The van der Waals surface area contributed by atoms with Crippen molar-refractivity contribution in [3.05, 3.63) is 41.7 Å².